The number of nitrogens with zero attached hydrogens (tertiary/aromatic N) is 4. The molecular formula is C9H11ClN4O2. The van der Waals surface area contributed by atoms with Crippen LogP contribution in [0.15, 0.2) is 4.79 Å². The number of rotatable bonds is 2. The van der Waals surface area contributed by atoms with Crippen LogP contribution in [0.4, 0.5) is 0 Å². The van der Waals surface area contributed by atoms with Gasteiger partial charge in [-0.1, -0.05) is 0 Å². The average Bonchev–Trinajstić information content (AvgIpc) is 2.64. The Morgan fingerprint density at radius 3 is 2.69 bits per heavy atom. The largest absolute Gasteiger partial charge is 0.492 e. The standard InChI is InChI=1S/C9H11ClN4O2/c1-3-14-5(4-10)11-6-7(15)12-9(16)13(2)8(6)14/h3-4H2,1-2H3,(H,12,15,16). The van der Waals surface area contributed by atoms with Crippen LogP contribution in [-0.4, -0.2) is 24.2 Å². The molecule has 0 atom stereocenters. The van der Waals surface area contributed by atoms with E-state index in [4.69, 9.17) is 11.6 Å². The van der Waals surface area contributed by atoms with Crippen LogP contribution in [0.1, 0.15) is 12.7 Å². The number of fused-ring (bicyclic) bond motifs is 1. The molecule has 1 N–H and O–H groups in total. The van der Waals surface area contributed by atoms with E-state index in [2.05, 4.69) is 9.97 Å². The molecule has 0 saturated carbocycles. The van der Waals surface area contributed by atoms with Crippen molar-refractivity contribution in [3.05, 3.63) is 16.3 Å². The van der Waals surface area contributed by atoms with Gasteiger partial charge in [0.05, 0.1) is 5.88 Å². The van der Waals surface area contributed by atoms with Gasteiger partial charge in [-0.05, 0) is 6.92 Å². The Bertz CT molecular complexity index is 602. The molecule has 0 bridgehead atoms. The van der Waals surface area contributed by atoms with Crippen molar-refractivity contribution in [2.24, 2.45) is 7.05 Å². The molecule has 0 aliphatic rings. The molecule has 86 valence electrons. The molecule has 2 heterocycles. The third kappa shape index (κ3) is 1.37. The van der Waals surface area contributed by atoms with Gasteiger partial charge >= 0.3 is 5.69 Å². The van der Waals surface area contributed by atoms with Crippen LogP contribution in [0.3, 0.4) is 0 Å². The highest BCUT2D eigenvalue weighted by Crippen LogP contribution is 2.21. The van der Waals surface area contributed by atoms with E-state index in [0.717, 1.165) is 0 Å². The maximum absolute atomic E-state index is 11.4. The van der Waals surface area contributed by atoms with Crippen LogP contribution in [0.25, 0.3) is 11.2 Å². The molecule has 0 aliphatic carbocycles. The second kappa shape index (κ2) is 3.79. The van der Waals surface area contributed by atoms with Gasteiger partial charge in [0.1, 0.15) is 11.5 Å². The highest BCUT2D eigenvalue weighted by molar-refractivity contribution is 6.16. The zero-order valence-corrected chi connectivity index (χ0v) is 9.69. The lowest BCUT2D eigenvalue weighted by Crippen LogP contribution is -2.21. The van der Waals surface area contributed by atoms with Crippen LogP contribution >= 0.6 is 11.6 Å². The van der Waals surface area contributed by atoms with E-state index in [1.165, 1.54) is 4.57 Å². The lowest BCUT2D eigenvalue weighted by Gasteiger charge is -2.06. The molecule has 2 aromatic rings. The number of aryl methyl sites for hydroxylation is 2. The molecule has 0 fully saturated rings. The fourth-order valence-electron chi connectivity index (χ4n) is 1.72. The summed E-state index contributed by atoms with van der Waals surface area (Å²) < 4.78 is 3.13. The van der Waals surface area contributed by atoms with Gasteiger partial charge in [-0.15, -0.1) is 11.6 Å². The molecular weight excluding hydrogens is 232 g/mol. The maximum Gasteiger partial charge on any atom is 0.352 e. The summed E-state index contributed by atoms with van der Waals surface area (Å²) in [6.45, 7) is 2.54. The van der Waals surface area contributed by atoms with Crippen LogP contribution in [0, 0.1) is 0 Å². The van der Waals surface area contributed by atoms with Crippen molar-refractivity contribution in [3.8, 4) is 5.88 Å². The molecule has 0 aliphatic heterocycles. The number of halogens is 1. The van der Waals surface area contributed by atoms with E-state index in [9.17, 15) is 9.90 Å². The number of aromatic nitrogens is 4. The first kappa shape index (κ1) is 10.9. The van der Waals surface area contributed by atoms with Gasteiger partial charge < -0.3 is 9.67 Å². The Morgan fingerprint density at radius 2 is 2.12 bits per heavy atom. The molecule has 0 amide bonds. The number of hydrogen-bond acceptors (Lipinski definition) is 4. The first-order valence-electron chi connectivity index (χ1n) is 4.81. The van der Waals surface area contributed by atoms with E-state index < -0.39 is 5.69 Å². The van der Waals surface area contributed by atoms with Gasteiger partial charge in [-0.3, -0.25) is 4.57 Å². The molecule has 6 nitrogen and oxygen atoms in total. The summed E-state index contributed by atoms with van der Waals surface area (Å²) in [6.07, 6.45) is 0. The van der Waals surface area contributed by atoms with Gasteiger partial charge in [0.2, 0.25) is 5.88 Å². The lowest BCUT2D eigenvalue weighted by molar-refractivity contribution is 0.453. The Morgan fingerprint density at radius 1 is 1.44 bits per heavy atom. The first-order valence-corrected chi connectivity index (χ1v) is 5.34. The summed E-state index contributed by atoms with van der Waals surface area (Å²) >= 11 is 5.75. The molecule has 0 unspecified atom stereocenters. The maximum atomic E-state index is 11.4. The number of aromatic hydroxyl groups is 1. The van der Waals surface area contributed by atoms with Gasteiger partial charge in [-0.2, -0.15) is 4.98 Å². The average molecular weight is 243 g/mol. The van der Waals surface area contributed by atoms with Crippen LogP contribution in [0.5, 0.6) is 5.88 Å². The third-order valence-corrected chi connectivity index (χ3v) is 2.71. The van der Waals surface area contributed by atoms with Gasteiger partial charge in [0.25, 0.3) is 0 Å². The molecule has 7 heteroatoms. The van der Waals surface area contributed by atoms with Crippen LogP contribution < -0.4 is 5.69 Å². The smallest absolute Gasteiger partial charge is 0.352 e. The molecule has 0 aromatic carbocycles. The molecule has 2 rings (SSSR count). The quantitative estimate of drug-likeness (QED) is 0.783. The predicted molar refractivity (Wildman–Crippen MR) is 59.7 cm³/mol. The second-order valence-corrected chi connectivity index (χ2v) is 3.62. The number of imidazole rings is 1. The second-order valence-electron chi connectivity index (χ2n) is 3.36. The van der Waals surface area contributed by atoms with Crippen molar-refractivity contribution in [2.75, 3.05) is 0 Å². The third-order valence-electron chi connectivity index (χ3n) is 2.47. The zero-order chi connectivity index (χ0) is 11.9. The van der Waals surface area contributed by atoms with Crippen LogP contribution in [0.2, 0.25) is 0 Å². The Hall–Kier alpha value is -1.56. The van der Waals surface area contributed by atoms with Crippen molar-refractivity contribution in [2.45, 2.75) is 19.3 Å². The van der Waals surface area contributed by atoms with Crippen molar-refractivity contribution >= 4 is 22.8 Å². The zero-order valence-electron chi connectivity index (χ0n) is 8.94. The van der Waals surface area contributed by atoms with Crippen molar-refractivity contribution in [1.82, 2.24) is 19.1 Å². The molecule has 2 aromatic heterocycles. The molecule has 0 radical (unpaired) electrons. The Kier molecular flexibility index (Phi) is 2.59. The molecule has 0 saturated heterocycles. The molecule has 0 spiro atoms. The first-order chi connectivity index (χ1) is 7.60. The van der Waals surface area contributed by atoms with Gasteiger partial charge in [0.15, 0.2) is 5.52 Å². The number of alkyl halides is 1. The van der Waals surface area contributed by atoms with Gasteiger partial charge in [-0.25, -0.2) is 9.78 Å². The highest BCUT2D eigenvalue weighted by atomic mass is 35.5. The Balaban J connectivity index is 2.98. The minimum atomic E-state index is -0.513. The highest BCUT2D eigenvalue weighted by Gasteiger charge is 2.16. The summed E-state index contributed by atoms with van der Waals surface area (Å²) in [5.41, 5.74) is 0.330. The monoisotopic (exact) mass is 242 g/mol. The van der Waals surface area contributed by atoms with Crippen molar-refractivity contribution in [3.63, 3.8) is 0 Å². The van der Waals surface area contributed by atoms with E-state index in [0.29, 0.717) is 23.5 Å². The Labute approximate surface area is 96.1 Å². The summed E-state index contributed by atoms with van der Waals surface area (Å²) in [4.78, 5) is 19.1. The van der Waals surface area contributed by atoms with Crippen LogP contribution in [-0.2, 0) is 19.5 Å². The SMILES string of the molecule is CCn1c(CCl)nc2c(O)nc(=O)n(C)c21. The summed E-state index contributed by atoms with van der Waals surface area (Å²) in [7, 11) is 1.59. The van der Waals surface area contributed by atoms with Gasteiger partial charge in [0, 0.05) is 13.6 Å². The summed E-state index contributed by atoms with van der Waals surface area (Å²) in [6, 6.07) is 0. The topological polar surface area (TPSA) is 72.9 Å². The summed E-state index contributed by atoms with van der Waals surface area (Å²) in [5.74, 6) is 0.477. The fourth-order valence-corrected chi connectivity index (χ4v) is 1.93. The number of hydrogen-bond donors (Lipinski definition) is 1. The fraction of sp³-hybridized carbons (Fsp3) is 0.444. The van der Waals surface area contributed by atoms with E-state index in [1.54, 1.807) is 11.6 Å². The predicted octanol–water partition coefficient (Wildman–Crippen LogP) is 0.594. The van der Waals surface area contributed by atoms with Crippen molar-refractivity contribution in [1.29, 1.82) is 0 Å². The van der Waals surface area contributed by atoms with E-state index >= 15 is 0 Å². The normalized spacial score (nSPS) is 11.2. The van der Waals surface area contributed by atoms with E-state index in [-0.39, 0.29) is 11.8 Å². The van der Waals surface area contributed by atoms with Crippen molar-refractivity contribution < 1.29 is 5.11 Å². The van der Waals surface area contributed by atoms with E-state index in [1.807, 2.05) is 6.92 Å². The molecule has 16 heavy (non-hydrogen) atoms. The minimum absolute atomic E-state index is 0.218. The lowest BCUT2D eigenvalue weighted by atomic mass is 10.5. The minimum Gasteiger partial charge on any atom is -0.492 e. The summed E-state index contributed by atoms with van der Waals surface area (Å²) in [5, 5.41) is 9.56.